The predicted molar refractivity (Wildman–Crippen MR) is 125 cm³/mol. The van der Waals surface area contributed by atoms with Crippen molar-refractivity contribution >= 4 is 23.6 Å². The Morgan fingerprint density at radius 3 is 2.22 bits per heavy atom. The van der Waals surface area contributed by atoms with Crippen molar-refractivity contribution in [1.82, 2.24) is 10.2 Å². The Hall–Kier alpha value is -3.35. The molecule has 2 rings (SSSR count). The second-order valence-electron chi connectivity index (χ2n) is 8.66. The summed E-state index contributed by atoms with van der Waals surface area (Å²) in [6.45, 7) is 8.90. The summed E-state index contributed by atoms with van der Waals surface area (Å²) in [6.07, 6.45) is 0.182. The van der Waals surface area contributed by atoms with E-state index in [-0.39, 0.29) is 12.5 Å². The highest BCUT2D eigenvalue weighted by atomic mass is 16.6. The quantitative estimate of drug-likeness (QED) is 0.676. The molecule has 32 heavy (non-hydrogen) atoms. The van der Waals surface area contributed by atoms with Gasteiger partial charge in [0.25, 0.3) is 5.91 Å². The fourth-order valence-corrected chi connectivity index (χ4v) is 3.13. The van der Waals surface area contributed by atoms with Crippen LogP contribution in [0.4, 0.5) is 10.5 Å². The third-order valence-electron chi connectivity index (χ3n) is 4.92. The van der Waals surface area contributed by atoms with Gasteiger partial charge in [0.1, 0.15) is 18.2 Å². The molecule has 0 fully saturated rings. The molecule has 1 unspecified atom stereocenters. The van der Waals surface area contributed by atoms with Crippen LogP contribution in [-0.2, 0) is 20.7 Å². The smallest absolute Gasteiger partial charge is 0.408 e. The van der Waals surface area contributed by atoms with Crippen molar-refractivity contribution < 1.29 is 19.1 Å². The minimum atomic E-state index is -0.867. The molecule has 0 spiro atoms. The molecule has 0 heterocycles. The van der Waals surface area contributed by atoms with Crippen LogP contribution in [-0.4, -0.2) is 42.0 Å². The molecule has 2 aromatic rings. The van der Waals surface area contributed by atoms with Gasteiger partial charge in [-0.05, 0) is 56.9 Å². The van der Waals surface area contributed by atoms with Crippen molar-refractivity contribution in [2.75, 3.05) is 18.9 Å². The van der Waals surface area contributed by atoms with E-state index in [2.05, 4.69) is 17.6 Å². The standard InChI is InChI=1S/C25H33N3O4/c1-7-18-12-14-19(15-13-18)22(23(30)27-20-11-9-8-10-17(20)2)28(6)21(29)16-26-24(31)32-25(3,4)5/h8-15,22H,7,16H2,1-6H3,(H,26,31)(H,27,30). The topological polar surface area (TPSA) is 87.7 Å². The molecular weight excluding hydrogens is 406 g/mol. The Labute approximate surface area is 190 Å². The van der Waals surface area contributed by atoms with Crippen molar-refractivity contribution in [3.8, 4) is 0 Å². The van der Waals surface area contributed by atoms with Gasteiger partial charge in [-0.25, -0.2) is 4.79 Å². The number of rotatable bonds is 7. The number of aryl methyl sites for hydroxylation is 2. The summed E-state index contributed by atoms with van der Waals surface area (Å²) in [5.41, 5.74) is 2.74. The molecule has 7 heteroatoms. The van der Waals surface area contributed by atoms with Gasteiger partial charge in [-0.2, -0.15) is 0 Å². The zero-order chi connectivity index (χ0) is 23.9. The van der Waals surface area contributed by atoms with Gasteiger partial charge < -0.3 is 20.3 Å². The molecule has 0 aliphatic carbocycles. The Kier molecular flexibility index (Phi) is 8.41. The van der Waals surface area contributed by atoms with Crippen molar-refractivity contribution in [2.45, 2.75) is 52.7 Å². The van der Waals surface area contributed by atoms with Gasteiger partial charge in [0.05, 0.1) is 0 Å². The first kappa shape index (κ1) is 24.9. The number of ether oxygens (including phenoxy) is 1. The molecule has 172 valence electrons. The molecular formula is C25H33N3O4. The molecule has 1 atom stereocenters. The Bertz CT molecular complexity index is 948. The number of carbonyl (C=O) groups excluding carboxylic acids is 3. The Morgan fingerprint density at radius 2 is 1.66 bits per heavy atom. The average Bonchev–Trinajstić information content (AvgIpc) is 2.73. The van der Waals surface area contributed by atoms with Crippen LogP contribution in [0.2, 0.25) is 0 Å². The molecule has 7 nitrogen and oxygen atoms in total. The van der Waals surface area contributed by atoms with Gasteiger partial charge in [-0.1, -0.05) is 49.4 Å². The van der Waals surface area contributed by atoms with Crippen LogP contribution in [0.25, 0.3) is 0 Å². The lowest BCUT2D eigenvalue weighted by atomic mass is 10.0. The maximum absolute atomic E-state index is 13.3. The van der Waals surface area contributed by atoms with E-state index in [9.17, 15) is 14.4 Å². The number of amides is 3. The third-order valence-corrected chi connectivity index (χ3v) is 4.92. The maximum atomic E-state index is 13.3. The van der Waals surface area contributed by atoms with E-state index in [0.29, 0.717) is 11.3 Å². The number of nitrogens with zero attached hydrogens (tertiary/aromatic N) is 1. The first-order chi connectivity index (χ1) is 15.0. The van der Waals surface area contributed by atoms with Crippen molar-refractivity contribution in [2.24, 2.45) is 0 Å². The van der Waals surface area contributed by atoms with Crippen LogP contribution in [0, 0.1) is 6.92 Å². The zero-order valence-electron chi connectivity index (χ0n) is 19.7. The summed E-state index contributed by atoms with van der Waals surface area (Å²) < 4.78 is 5.18. The Morgan fingerprint density at radius 1 is 1.03 bits per heavy atom. The molecule has 0 saturated carbocycles. The third kappa shape index (κ3) is 7.11. The van der Waals surface area contributed by atoms with E-state index in [1.165, 1.54) is 4.90 Å². The maximum Gasteiger partial charge on any atom is 0.408 e. The normalized spacial score (nSPS) is 11.9. The number of hydrogen-bond donors (Lipinski definition) is 2. The number of benzene rings is 2. The Balaban J connectivity index is 2.22. The van der Waals surface area contributed by atoms with Crippen molar-refractivity contribution in [1.29, 1.82) is 0 Å². The van der Waals surface area contributed by atoms with Crippen LogP contribution < -0.4 is 10.6 Å². The highest BCUT2D eigenvalue weighted by Crippen LogP contribution is 2.24. The number of nitrogens with one attached hydrogen (secondary N) is 2. The number of carbonyl (C=O) groups is 3. The molecule has 0 bridgehead atoms. The van der Waals surface area contributed by atoms with E-state index in [4.69, 9.17) is 4.74 Å². The summed E-state index contributed by atoms with van der Waals surface area (Å²) in [6, 6.07) is 14.2. The first-order valence-corrected chi connectivity index (χ1v) is 10.7. The summed E-state index contributed by atoms with van der Waals surface area (Å²) in [5.74, 6) is -0.753. The molecule has 2 aromatic carbocycles. The van der Waals surface area contributed by atoms with Gasteiger partial charge in [-0.15, -0.1) is 0 Å². The van der Waals surface area contributed by atoms with Crippen LogP contribution in [0.15, 0.2) is 48.5 Å². The highest BCUT2D eigenvalue weighted by molar-refractivity contribution is 5.98. The number of hydrogen-bond acceptors (Lipinski definition) is 4. The van der Waals surface area contributed by atoms with E-state index >= 15 is 0 Å². The van der Waals surface area contributed by atoms with Crippen LogP contribution in [0.3, 0.4) is 0 Å². The molecule has 0 aromatic heterocycles. The molecule has 3 amide bonds. The molecule has 0 aliphatic rings. The van der Waals surface area contributed by atoms with Gasteiger partial charge in [0, 0.05) is 12.7 Å². The van der Waals surface area contributed by atoms with Crippen molar-refractivity contribution in [3.63, 3.8) is 0 Å². The lowest BCUT2D eigenvalue weighted by molar-refractivity contribution is -0.136. The van der Waals surface area contributed by atoms with E-state index in [1.807, 2.05) is 55.5 Å². The van der Waals surface area contributed by atoms with Crippen LogP contribution in [0.1, 0.15) is 50.4 Å². The molecule has 0 aliphatic heterocycles. The number of likely N-dealkylation sites (N-methyl/N-ethyl adjacent to an activating group) is 1. The summed E-state index contributed by atoms with van der Waals surface area (Å²) in [7, 11) is 1.55. The van der Waals surface area contributed by atoms with Gasteiger partial charge >= 0.3 is 6.09 Å². The number of anilines is 1. The molecule has 0 saturated heterocycles. The number of para-hydroxylation sites is 1. The highest BCUT2D eigenvalue weighted by Gasteiger charge is 2.29. The largest absolute Gasteiger partial charge is 0.444 e. The SMILES string of the molecule is CCc1ccc(C(C(=O)Nc2ccccc2C)N(C)C(=O)CNC(=O)OC(C)(C)C)cc1. The fraction of sp³-hybridized carbons (Fsp3) is 0.400. The van der Waals surface area contributed by atoms with E-state index in [0.717, 1.165) is 17.5 Å². The average molecular weight is 440 g/mol. The van der Waals surface area contributed by atoms with Crippen LogP contribution >= 0.6 is 0 Å². The summed E-state index contributed by atoms with van der Waals surface area (Å²) in [5, 5.41) is 5.38. The lowest BCUT2D eigenvalue weighted by Crippen LogP contribution is -2.44. The van der Waals surface area contributed by atoms with Crippen LogP contribution in [0.5, 0.6) is 0 Å². The first-order valence-electron chi connectivity index (χ1n) is 10.7. The lowest BCUT2D eigenvalue weighted by Gasteiger charge is -2.28. The number of alkyl carbamates (subject to hydrolysis) is 1. The van der Waals surface area contributed by atoms with Gasteiger partial charge in [0.15, 0.2) is 0 Å². The zero-order valence-corrected chi connectivity index (χ0v) is 19.7. The van der Waals surface area contributed by atoms with Gasteiger partial charge in [-0.3, -0.25) is 9.59 Å². The second kappa shape index (κ2) is 10.8. The minimum Gasteiger partial charge on any atom is -0.444 e. The summed E-state index contributed by atoms with van der Waals surface area (Å²) >= 11 is 0. The second-order valence-corrected chi connectivity index (χ2v) is 8.66. The minimum absolute atomic E-state index is 0.285. The van der Waals surface area contributed by atoms with E-state index < -0.39 is 23.6 Å². The summed E-state index contributed by atoms with van der Waals surface area (Å²) in [4.78, 5) is 39.4. The monoisotopic (exact) mass is 439 g/mol. The molecule has 0 radical (unpaired) electrons. The van der Waals surface area contributed by atoms with Crippen molar-refractivity contribution in [3.05, 3.63) is 65.2 Å². The molecule has 2 N–H and O–H groups in total. The predicted octanol–water partition coefficient (Wildman–Crippen LogP) is 4.22. The fourth-order valence-electron chi connectivity index (χ4n) is 3.13. The van der Waals surface area contributed by atoms with Gasteiger partial charge in [0.2, 0.25) is 5.91 Å². The van der Waals surface area contributed by atoms with E-state index in [1.54, 1.807) is 27.8 Å².